The molecule has 2 aliphatic rings. The molecule has 394 valence electrons. The number of hydrogen-bond acceptors (Lipinski definition) is 14. The van der Waals surface area contributed by atoms with E-state index in [0.29, 0.717) is 31.2 Å². The smallest absolute Gasteiger partial charge is 0.243 e. The van der Waals surface area contributed by atoms with Gasteiger partial charge < -0.3 is 69.9 Å². The van der Waals surface area contributed by atoms with E-state index in [2.05, 4.69) is 47.9 Å². The second-order valence-corrected chi connectivity index (χ2v) is 18.6. The lowest BCUT2D eigenvalue weighted by atomic mass is 9.96. The van der Waals surface area contributed by atoms with Gasteiger partial charge in [-0.15, -0.1) is 0 Å². The van der Waals surface area contributed by atoms with Crippen molar-refractivity contribution in [1.82, 2.24) is 47.9 Å². The molecule has 17 N–H and O–H groups in total. The molecular formula is C46H72N12O13. The number of aliphatic hydroxyl groups excluding tert-OH is 1. The topological polar surface area (TPSA) is 415 Å². The molecule has 1 aromatic rings. The van der Waals surface area contributed by atoms with Gasteiger partial charge in [0, 0.05) is 38.1 Å². The van der Waals surface area contributed by atoms with Gasteiger partial charge in [-0.2, -0.15) is 0 Å². The molecular weight excluding hydrogens is 929 g/mol. The molecule has 1 aliphatic heterocycles. The van der Waals surface area contributed by atoms with Crippen LogP contribution in [0.15, 0.2) is 24.3 Å². The van der Waals surface area contributed by atoms with Gasteiger partial charge in [0.25, 0.3) is 0 Å². The van der Waals surface area contributed by atoms with Gasteiger partial charge in [0.15, 0.2) is 0 Å². The molecule has 25 heteroatoms. The van der Waals surface area contributed by atoms with Crippen molar-refractivity contribution in [2.75, 3.05) is 26.2 Å². The largest absolute Gasteiger partial charge is 0.508 e. The van der Waals surface area contributed by atoms with Crippen LogP contribution in [0.4, 0.5) is 0 Å². The lowest BCUT2D eigenvalue weighted by Gasteiger charge is -2.29. The number of phenolic OH excluding ortho intramolecular Hbond substituents is 1. The number of amides is 11. The van der Waals surface area contributed by atoms with Gasteiger partial charge in [0.1, 0.15) is 36.1 Å². The minimum atomic E-state index is -1.50. The molecule has 1 saturated heterocycles. The Hall–Kier alpha value is -6.89. The predicted octanol–water partition coefficient (Wildman–Crippen LogP) is -4.23. The van der Waals surface area contributed by atoms with Crippen molar-refractivity contribution in [2.45, 2.75) is 128 Å². The third-order valence-electron chi connectivity index (χ3n) is 12.3. The van der Waals surface area contributed by atoms with E-state index in [9.17, 15) is 63.0 Å². The number of benzene rings is 1. The van der Waals surface area contributed by atoms with Crippen LogP contribution >= 0.6 is 0 Å². The highest BCUT2D eigenvalue weighted by atomic mass is 16.3. The Morgan fingerprint density at radius 1 is 0.803 bits per heavy atom. The number of primary amides is 3. The van der Waals surface area contributed by atoms with Crippen LogP contribution in [0.5, 0.6) is 5.75 Å². The van der Waals surface area contributed by atoms with Crippen LogP contribution in [0, 0.1) is 29.6 Å². The van der Waals surface area contributed by atoms with E-state index in [1.165, 1.54) is 24.3 Å². The van der Waals surface area contributed by atoms with Gasteiger partial charge in [0.05, 0.1) is 25.0 Å². The number of aromatic hydroxyl groups is 1. The molecule has 71 heavy (non-hydrogen) atoms. The van der Waals surface area contributed by atoms with Gasteiger partial charge in [-0.3, -0.25) is 58.1 Å². The van der Waals surface area contributed by atoms with Crippen LogP contribution in [0.25, 0.3) is 0 Å². The van der Waals surface area contributed by atoms with E-state index in [1.807, 2.05) is 13.8 Å². The zero-order valence-electron chi connectivity index (χ0n) is 40.7. The number of carbonyl (C=O) groups excluding carboxylic acids is 11. The summed E-state index contributed by atoms with van der Waals surface area (Å²) in [4.78, 5) is 143. The number of phenols is 1. The first-order valence-electron chi connectivity index (χ1n) is 23.8. The van der Waals surface area contributed by atoms with E-state index in [4.69, 9.17) is 17.2 Å². The van der Waals surface area contributed by atoms with Gasteiger partial charge >= 0.3 is 0 Å². The Labute approximate surface area is 411 Å². The maximum atomic E-state index is 14.0. The first-order valence-corrected chi connectivity index (χ1v) is 23.8. The highest BCUT2D eigenvalue weighted by Crippen LogP contribution is 2.41. The maximum absolute atomic E-state index is 14.0. The molecule has 10 atom stereocenters. The minimum absolute atomic E-state index is 0.0351. The summed E-state index contributed by atoms with van der Waals surface area (Å²) >= 11 is 0. The van der Waals surface area contributed by atoms with Gasteiger partial charge in [0.2, 0.25) is 65.0 Å². The molecule has 0 radical (unpaired) electrons. The fourth-order valence-corrected chi connectivity index (χ4v) is 7.79. The van der Waals surface area contributed by atoms with E-state index in [-0.39, 0.29) is 68.7 Å². The van der Waals surface area contributed by atoms with Crippen LogP contribution in [0.3, 0.4) is 0 Å². The lowest BCUT2D eigenvalue weighted by molar-refractivity contribution is -0.135. The third kappa shape index (κ3) is 20.9. The summed E-state index contributed by atoms with van der Waals surface area (Å²) in [5.74, 6) is -10.7. The van der Waals surface area contributed by atoms with E-state index in [1.54, 1.807) is 13.8 Å². The number of carbonyl (C=O) groups is 11. The van der Waals surface area contributed by atoms with Crippen molar-refractivity contribution in [3.8, 4) is 5.75 Å². The number of aliphatic hydroxyl groups is 1. The van der Waals surface area contributed by atoms with Gasteiger partial charge in [-0.1, -0.05) is 46.2 Å². The first-order chi connectivity index (χ1) is 33.5. The standard InChI is InChI=1S/C46H72N12O13/c1-5-24(4)39-46(71)56-31(10-12-34(47)60)43(68)52-20-27(40(49)65)19-37(63)54-30(11-13-36(62)51-22-38(64)55-33(45(70)58-39)17-25-6-8-28(59)9-7-25)42(67)50-15-14-26-18-29(26)41(66)57-32(16-23(2)3)44(69)53-21-35(48)61/h6-9,23-24,26-27,29-33,39,42,50,59,67H,5,10-22H2,1-4H3,(H2,47,60)(H2,48,61)(H2,49,65)(H,51,62)(H,52,68)(H,53,69)(H,54,63)(H,55,64)(H,56,71)(H,57,66)(H,58,70)/t24?,26?,27?,29?,30-,31-,32+,33-,39?,42?/m0/s1. The van der Waals surface area contributed by atoms with Crippen molar-refractivity contribution in [1.29, 1.82) is 0 Å². The molecule has 25 nitrogen and oxygen atoms in total. The maximum Gasteiger partial charge on any atom is 0.243 e. The van der Waals surface area contributed by atoms with Crippen LogP contribution in [-0.2, 0) is 59.2 Å². The van der Waals surface area contributed by atoms with Crippen molar-refractivity contribution in [3.63, 3.8) is 0 Å². The highest BCUT2D eigenvalue weighted by Gasteiger charge is 2.43. The lowest BCUT2D eigenvalue weighted by Crippen LogP contribution is -2.59. The average Bonchev–Trinajstić information content (AvgIpc) is 4.09. The van der Waals surface area contributed by atoms with E-state index < -0.39 is 133 Å². The van der Waals surface area contributed by atoms with Gasteiger partial charge in [-0.05, 0) is 74.1 Å². The Balaban J connectivity index is 1.83. The number of rotatable bonds is 20. The summed E-state index contributed by atoms with van der Waals surface area (Å²) in [5, 5.41) is 44.5. The molecule has 6 unspecified atom stereocenters. The summed E-state index contributed by atoms with van der Waals surface area (Å²) in [6.45, 7) is 5.78. The van der Waals surface area contributed by atoms with E-state index in [0.717, 1.165) is 0 Å². The highest BCUT2D eigenvalue weighted by molar-refractivity contribution is 5.96. The first kappa shape index (κ1) is 58.4. The molecule has 0 bridgehead atoms. The molecule has 1 heterocycles. The van der Waals surface area contributed by atoms with Crippen molar-refractivity contribution in [2.24, 2.45) is 46.8 Å². The monoisotopic (exact) mass is 1000 g/mol. The Morgan fingerprint density at radius 2 is 1.49 bits per heavy atom. The summed E-state index contributed by atoms with van der Waals surface area (Å²) in [5.41, 5.74) is 16.6. The van der Waals surface area contributed by atoms with Crippen LogP contribution in [0.2, 0.25) is 0 Å². The molecule has 1 aromatic carbocycles. The second kappa shape index (κ2) is 28.7. The number of nitrogens with one attached hydrogen (secondary N) is 9. The average molecular weight is 1000 g/mol. The quantitative estimate of drug-likeness (QED) is 0.0551. The Bertz CT molecular complexity index is 2070. The summed E-state index contributed by atoms with van der Waals surface area (Å²) < 4.78 is 0. The zero-order chi connectivity index (χ0) is 52.9. The second-order valence-electron chi connectivity index (χ2n) is 18.6. The number of hydrogen-bond donors (Lipinski definition) is 14. The molecule has 3 rings (SSSR count). The van der Waals surface area contributed by atoms with Crippen LogP contribution in [0.1, 0.15) is 91.0 Å². The molecule has 0 spiro atoms. The van der Waals surface area contributed by atoms with E-state index >= 15 is 0 Å². The van der Waals surface area contributed by atoms with Crippen molar-refractivity contribution >= 4 is 65.0 Å². The minimum Gasteiger partial charge on any atom is -0.508 e. The third-order valence-corrected chi connectivity index (χ3v) is 12.3. The molecule has 1 saturated carbocycles. The Morgan fingerprint density at radius 3 is 2.11 bits per heavy atom. The summed E-state index contributed by atoms with van der Waals surface area (Å²) in [6.07, 6.45) is -1.90. The predicted molar refractivity (Wildman–Crippen MR) is 254 cm³/mol. The van der Waals surface area contributed by atoms with Crippen molar-refractivity contribution in [3.05, 3.63) is 29.8 Å². The SMILES string of the molecule is CCC(C)C1NC(=O)[C@H](Cc2ccc(O)cc2)NC(=O)CNC(=O)CC[C@@H](C(O)NCCC2CC2C(=O)N[C@H](CC(C)C)C(=O)NCC(N)=O)NC(=O)CC(C(N)=O)CNC(=O)[C@H](CCC(N)=O)NC1=O. The molecule has 0 aromatic heterocycles. The molecule has 1 aliphatic carbocycles. The van der Waals surface area contributed by atoms with Gasteiger partial charge in [-0.25, -0.2) is 0 Å². The van der Waals surface area contributed by atoms with Crippen LogP contribution in [-0.4, -0.2) is 138 Å². The summed E-state index contributed by atoms with van der Waals surface area (Å²) in [6, 6.07) is -0.328. The Kier molecular flexibility index (Phi) is 23.6. The molecule has 2 fully saturated rings. The fourth-order valence-electron chi connectivity index (χ4n) is 7.79. The van der Waals surface area contributed by atoms with Crippen molar-refractivity contribution < 1.29 is 63.0 Å². The molecule has 11 amide bonds. The van der Waals surface area contributed by atoms with Crippen LogP contribution < -0.4 is 65.1 Å². The normalized spacial score (nSPS) is 24.3. The number of nitrogens with two attached hydrogens (primary N) is 3. The summed E-state index contributed by atoms with van der Waals surface area (Å²) in [7, 11) is 0. The zero-order valence-corrected chi connectivity index (χ0v) is 40.7. The fraction of sp³-hybridized carbons (Fsp3) is 0.630.